The number of furan rings is 1. The summed E-state index contributed by atoms with van der Waals surface area (Å²) in [5, 5.41) is 11.9. The number of carbonyl (C=O) groups is 3. The van der Waals surface area contributed by atoms with Crippen LogP contribution in [0.15, 0.2) is 40.8 Å². The Bertz CT molecular complexity index is 805. The maximum atomic E-state index is 12.3. The molecule has 0 radical (unpaired) electrons. The van der Waals surface area contributed by atoms with Crippen LogP contribution in [0.4, 0.5) is 0 Å². The quantitative estimate of drug-likeness (QED) is 0.815. The molecule has 1 saturated carbocycles. The van der Waals surface area contributed by atoms with Crippen molar-refractivity contribution in [1.82, 2.24) is 5.32 Å². The van der Waals surface area contributed by atoms with Crippen LogP contribution in [0.1, 0.15) is 47.1 Å². The second kappa shape index (κ2) is 6.93. The molecule has 6 nitrogen and oxygen atoms in total. The number of carboxylic acids is 1. The maximum absolute atomic E-state index is 12.3. The van der Waals surface area contributed by atoms with E-state index in [0.717, 1.165) is 12.0 Å². The van der Waals surface area contributed by atoms with Gasteiger partial charge in [-0.3, -0.25) is 14.4 Å². The van der Waals surface area contributed by atoms with Gasteiger partial charge in [0.15, 0.2) is 11.5 Å². The van der Waals surface area contributed by atoms with E-state index in [9.17, 15) is 19.5 Å². The second-order valence-corrected chi connectivity index (χ2v) is 6.25. The van der Waals surface area contributed by atoms with Crippen molar-refractivity contribution in [2.24, 2.45) is 5.92 Å². The van der Waals surface area contributed by atoms with Crippen molar-refractivity contribution in [3.63, 3.8) is 0 Å². The summed E-state index contributed by atoms with van der Waals surface area (Å²) in [6.07, 6.45) is 2.02. The van der Waals surface area contributed by atoms with E-state index >= 15 is 0 Å². The van der Waals surface area contributed by atoms with Gasteiger partial charge in [0.05, 0.1) is 5.92 Å². The van der Waals surface area contributed by atoms with Crippen molar-refractivity contribution in [1.29, 1.82) is 0 Å². The monoisotopic (exact) mass is 341 g/mol. The summed E-state index contributed by atoms with van der Waals surface area (Å²) in [6.45, 7) is 1.50. The number of carboxylic acid groups (broad SMARTS) is 1. The summed E-state index contributed by atoms with van der Waals surface area (Å²) in [5.74, 6) is -1.20. The Kier molecular flexibility index (Phi) is 4.70. The molecule has 0 spiro atoms. The minimum atomic E-state index is -0.881. The zero-order chi connectivity index (χ0) is 18.0. The lowest BCUT2D eigenvalue weighted by Crippen LogP contribution is -2.40. The van der Waals surface area contributed by atoms with Crippen molar-refractivity contribution in [3.8, 4) is 11.3 Å². The molecule has 1 amide bonds. The third-order valence-electron chi connectivity index (χ3n) is 4.56. The highest BCUT2D eigenvalue weighted by Crippen LogP contribution is 2.27. The fourth-order valence-electron chi connectivity index (χ4n) is 3.15. The molecule has 1 heterocycles. The van der Waals surface area contributed by atoms with E-state index in [1.165, 1.54) is 6.92 Å². The van der Waals surface area contributed by atoms with Crippen molar-refractivity contribution < 1.29 is 23.9 Å². The van der Waals surface area contributed by atoms with Crippen LogP contribution in [0.5, 0.6) is 0 Å². The predicted octanol–water partition coefficient (Wildman–Crippen LogP) is 3.13. The van der Waals surface area contributed by atoms with Crippen LogP contribution >= 0.6 is 0 Å². The molecule has 130 valence electrons. The smallest absolute Gasteiger partial charge is 0.308 e. The lowest BCUT2D eigenvalue weighted by atomic mass is 10.0. The number of amides is 1. The van der Waals surface area contributed by atoms with Crippen LogP contribution in [0.2, 0.25) is 0 Å². The van der Waals surface area contributed by atoms with Crippen molar-refractivity contribution in [2.75, 3.05) is 0 Å². The summed E-state index contributed by atoms with van der Waals surface area (Å²) < 4.78 is 5.59. The van der Waals surface area contributed by atoms with E-state index in [1.54, 1.807) is 36.4 Å². The minimum absolute atomic E-state index is 0.0180. The van der Waals surface area contributed by atoms with Gasteiger partial charge in [0.2, 0.25) is 0 Å². The van der Waals surface area contributed by atoms with Crippen LogP contribution in [-0.2, 0) is 4.79 Å². The molecular formula is C19H19NO5. The summed E-state index contributed by atoms with van der Waals surface area (Å²) in [6, 6.07) is 9.80. The molecule has 1 fully saturated rings. The Labute approximate surface area is 144 Å². The second-order valence-electron chi connectivity index (χ2n) is 6.25. The Morgan fingerprint density at radius 3 is 2.44 bits per heavy atom. The fraction of sp³-hybridized carbons (Fsp3) is 0.316. The third-order valence-corrected chi connectivity index (χ3v) is 4.56. The summed E-state index contributed by atoms with van der Waals surface area (Å²) in [7, 11) is 0. The van der Waals surface area contributed by atoms with E-state index in [-0.39, 0.29) is 17.6 Å². The molecule has 1 aromatic heterocycles. The number of nitrogens with one attached hydrogen (secondary N) is 1. The maximum Gasteiger partial charge on any atom is 0.308 e. The summed E-state index contributed by atoms with van der Waals surface area (Å²) in [5.41, 5.74) is 1.36. The normalized spacial score (nSPS) is 19.6. The van der Waals surface area contributed by atoms with Gasteiger partial charge >= 0.3 is 5.97 Å². The first-order chi connectivity index (χ1) is 12.0. The Morgan fingerprint density at radius 1 is 1.08 bits per heavy atom. The van der Waals surface area contributed by atoms with E-state index in [1.807, 2.05) is 0 Å². The number of carbonyl (C=O) groups excluding carboxylic acids is 2. The zero-order valence-electron chi connectivity index (χ0n) is 13.8. The van der Waals surface area contributed by atoms with E-state index < -0.39 is 17.8 Å². The Balaban J connectivity index is 1.71. The highest BCUT2D eigenvalue weighted by atomic mass is 16.4. The first-order valence-corrected chi connectivity index (χ1v) is 8.20. The molecule has 0 unspecified atom stereocenters. The standard InChI is InChI=1S/C19H19NO5/c1-11(21)12-5-7-13(8-6-12)16-9-10-17(25-16)18(22)20-15-4-2-3-14(15)19(23)24/h5-10,14-15H,2-4H2,1H3,(H,20,22)(H,23,24)/t14-,15+/m0/s1. The lowest BCUT2D eigenvalue weighted by Gasteiger charge is -2.16. The molecule has 25 heavy (non-hydrogen) atoms. The van der Waals surface area contributed by atoms with Gasteiger partial charge in [-0.25, -0.2) is 0 Å². The van der Waals surface area contributed by atoms with Crippen LogP contribution in [-0.4, -0.2) is 28.8 Å². The molecule has 2 atom stereocenters. The minimum Gasteiger partial charge on any atom is -0.481 e. The highest BCUT2D eigenvalue weighted by Gasteiger charge is 2.34. The Morgan fingerprint density at radius 2 is 1.80 bits per heavy atom. The topological polar surface area (TPSA) is 96.6 Å². The number of hydrogen-bond donors (Lipinski definition) is 2. The predicted molar refractivity (Wildman–Crippen MR) is 90.4 cm³/mol. The average Bonchev–Trinajstić information content (AvgIpc) is 3.24. The molecule has 2 aromatic rings. The van der Waals surface area contributed by atoms with Gasteiger partial charge in [-0.1, -0.05) is 30.7 Å². The first-order valence-electron chi connectivity index (χ1n) is 8.20. The van der Waals surface area contributed by atoms with Crippen LogP contribution in [0.3, 0.4) is 0 Å². The van der Waals surface area contributed by atoms with Crippen LogP contribution in [0, 0.1) is 5.92 Å². The molecule has 1 aromatic carbocycles. The molecule has 1 aliphatic rings. The molecule has 6 heteroatoms. The summed E-state index contributed by atoms with van der Waals surface area (Å²) >= 11 is 0. The SMILES string of the molecule is CC(=O)c1ccc(-c2ccc(C(=O)N[C@@H]3CCC[C@@H]3C(=O)O)o2)cc1. The van der Waals surface area contributed by atoms with Gasteiger partial charge in [-0.05, 0) is 31.9 Å². The van der Waals surface area contributed by atoms with Gasteiger partial charge in [-0.2, -0.15) is 0 Å². The van der Waals surface area contributed by atoms with Gasteiger partial charge in [-0.15, -0.1) is 0 Å². The van der Waals surface area contributed by atoms with Crippen LogP contribution in [0.25, 0.3) is 11.3 Å². The van der Waals surface area contributed by atoms with Crippen LogP contribution < -0.4 is 5.32 Å². The van der Waals surface area contributed by atoms with Gasteiger partial charge in [0.1, 0.15) is 5.76 Å². The number of ketones is 1. The number of benzene rings is 1. The van der Waals surface area contributed by atoms with E-state index in [0.29, 0.717) is 24.2 Å². The highest BCUT2D eigenvalue weighted by molar-refractivity contribution is 5.94. The largest absolute Gasteiger partial charge is 0.481 e. The zero-order valence-corrected chi connectivity index (χ0v) is 13.8. The third kappa shape index (κ3) is 3.63. The summed E-state index contributed by atoms with van der Waals surface area (Å²) in [4.78, 5) is 34.8. The Hall–Kier alpha value is -2.89. The van der Waals surface area contributed by atoms with E-state index in [4.69, 9.17) is 4.42 Å². The van der Waals surface area contributed by atoms with Crippen molar-refractivity contribution >= 4 is 17.7 Å². The van der Waals surface area contributed by atoms with Gasteiger partial charge in [0, 0.05) is 17.2 Å². The molecular weight excluding hydrogens is 322 g/mol. The van der Waals surface area contributed by atoms with E-state index in [2.05, 4.69) is 5.32 Å². The molecule has 2 N–H and O–H groups in total. The molecule has 0 bridgehead atoms. The molecule has 3 rings (SSSR count). The first kappa shape index (κ1) is 17.0. The average molecular weight is 341 g/mol. The van der Waals surface area contributed by atoms with Crippen molar-refractivity contribution in [3.05, 3.63) is 47.7 Å². The molecule has 1 aliphatic carbocycles. The number of rotatable bonds is 5. The lowest BCUT2D eigenvalue weighted by molar-refractivity contribution is -0.142. The fourth-order valence-corrected chi connectivity index (χ4v) is 3.15. The number of aliphatic carboxylic acids is 1. The van der Waals surface area contributed by atoms with Crippen molar-refractivity contribution in [2.45, 2.75) is 32.2 Å². The number of Topliss-reactive ketones (excluding diaryl/α,β-unsaturated/α-hetero) is 1. The van der Waals surface area contributed by atoms with Gasteiger partial charge < -0.3 is 14.8 Å². The number of hydrogen-bond acceptors (Lipinski definition) is 4. The molecule has 0 saturated heterocycles. The molecule has 0 aliphatic heterocycles. The van der Waals surface area contributed by atoms with Gasteiger partial charge in [0.25, 0.3) is 5.91 Å².